The number of carbonyl (C=O) groups is 2. The Morgan fingerprint density at radius 2 is 1.41 bits per heavy atom. The van der Waals surface area contributed by atoms with Crippen LogP contribution in [0.25, 0.3) is 6.08 Å². The van der Waals surface area contributed by atoms with Gasteiger partial charge in [0.2, 0.25) is 0 Å². The zero-order chi connectivity index (χ0) is 54.5. The molecule has 3 aliphatic heterocycles. The minimum Gasteiger partial charge on any atom is -0.458 e. The summed E-state index contributed by atoms with van der Waals surface area (Å²) in [6.07, 6.45) is -2.47. The van der Waals surface area contributed by atoms with Gasteiger partial charge in [-0.2, -0.15) is 0 Å². The molecule has 19 nitrogen and oxygen atoms in total. The number of nitrogens with zero attached hydrogens (tertiary/aromatic N) is 1. The molecular weight excluding hydrogens is 987 g/mol. The molecule has 422 valence electrons. The topological polar surface area (TPSA) is 250 Å². The van der Waals surface area contributed by atoms with Crippen molar-refractivity contribution in [1.82, 2.24) is 4.98 Å². The Labute approximate surface area is 445 Å². The van der Waals surface area contributed by atoms with Gasteiger partial charge in [-0.25, -0.2) is 9.59 Å². The number of pyridine rings is 1. The molecule has 76 heavy (non-hydrogen) atoms. The van der Waals surface area contributed by atoms with E-state index < -0.39 is 138 Å². The molecular formula is C57H81NO18. The number of rotatable bonds is 15. The Bertz CT molecular complexity index is 2330. The van der Waals surface area contributed by atoms with Crippen molar-refractivity contribution in [3.05, 3.63) is 72.1 Å². The second-order valence-electron chi connectivity index (χ2n) is 23.1. The lowest BCUT2D eigenvalue weighted by atomic mass is 9.40. The number of aliphatic hydroxyl groups excluding tert-OH is 2. The number of aromatic nitrogens is 1. The Hall–Kier alpha value is -3.51. The molecule has 2 aromatic rings. The molecule has 4 aliphatic carbocycles. The van der Waals surface area contributed by atoms with Crippen LogP contribution in [0.4, 0.5) is 0 Å². The van der Waals surface area contributed by atoms with Gasteiger partial charge in [0.15, 0.2) is 18.9 Å². The van der Waals surface area contributed by atoms with Gasteiger partial charge in [-0.1, -0.05) is 44.2 Å². The van der Waals surface area contributed by atoms with Crippen molar-refractivity contribution in [2.24, 2.45) is 22.7 Å². The fourth-order valence-corrected chi connectivity index (χ4v) is 14.9. The number of esters is 2. The quantitative estimate of drug-likeness (QED) is 0.0913. The number of hydrogen-bond acceptors (Lipinski definition) is 19. The van der Waals surface area contributed by atoms with Crippen molar-refractivity contribution in [2.45, 2.75) is 221 Å². The highest BCUT2D eigenvalue weighted by Gasteiger charge is 2.82. The maximum Gasteiger partial charge on any atom is 0.340 e. The Kier molecular flexibility index (Phi) is 17.0. The van der Waals surface area contributed by atoms with Crippen LogP contribution in [0.1, 0.15) is 122 Å². The average Bonchev–Trinajstić information content (AvgIpc) is 3.26. The molecule has 9 rings (SSSR count). The summed E-state index contributed by atoms with van der Waals surface area (Å²) >= 11 is 0. The van der Waals surface area contributed by atoms with Crippen molar-refractivity contribution >= 4 is 18.0 Å². The lowest BCUT2D eigenvalue weighted by Crippen LogP contribution is -2.79. The van der Waals surface area contributed by atoms with E-state index in [0.29, 0.717) is 38.5 Å². The lowest BCUT2D eigenvalue weighted by molar-refractivity contribution is -0.353. The first-order chi connectivity index (χ1) is 36.1. The van der Waals surface area contributed by atoms with E-state index in [0.717, 1.165) is 5.56 Å². The summed E-state index contributed by atoms with van der Waals surface area (Å²) < 4.78 is 68.1. The molecule has 1 aromatic heterocycles. The van der Waals surface area contributed by atoms with Crippen LogP contribution in [0.3, 0.4) is 0 Å². The fraction of sp³-hybridized carbons (Fsp3) is 0.737. The third-order valence-corrected chi connectivity index (χ3v) is 19.3. The molecule has 0 spiro atoms. The Morgan fingerprint density at radius 3 is 2.05 bits per heavy atom. The number of ether oxygens (including phenoxy) is 11. The largest absolute Gasteiger partial charge is 0.458 e. The lowest BCUT2D eigenvalue weighted by Gasteiger charge is -2.69. The van der Waals surface area contributed by atoms with Crippen molar-refractivity contribution < 1.29 is 87.2 Å². The van der Waals surface area contributed by atoms with Crippen LogP contribution in [0.5, 0.6) is 0 Å². The Balaban J connectivity index is 0.869. The van der Waals surface area contributed by atoms with E-state index >= 15 is 0 Å². The number of methoxy groups -OCH3 is 3. The van der Waals surface area contributed by atoms with Gasteiger partial charge in [0.05, 0.1) is 53.2 Å². The number of benzene rings is 1. The summed E-state index contributed by atoms with van der Waals surface area (Å²) in [5.74, 6) is -1.88. The minimum absolute atomic E-state index is 0.0269. The number of aliphatic hydroxyl groups is 5. The first-order valence-corrected chi connectivity index (χ1v) is 27.2. The fourth-order valence-electron chi connectivity index (χ4n) is 14.9. The van der Waals surface area contributed by atoms with E-state index in [4.69, 9.17) is 52.1 Å². The third-order valence-electron chi connectivity index (χ3n) is 19.3. The molecule has 3 saturated heterocycles. The van der Waals surface area contributed by atoms with Crippen LogP contribution in [-0.2, 0) is 56.9 Å². The van der Waals surface area contributed by atoms with Crippen LogP contribution in [0, 0.1) is 22.7 Å². The first kappa shape index (κ1) is 57.2. The van der Waals surface area contributed by atoms with Gasteiger partial charge in [0.1, 0.15) is 53.9 Å². The molecule has 5 N–H and O–H groups in total. The van der Waals surface area contributed by atoms with Crippen LogP contribution >= 0.6 is 0 Å². The van der Waals surface area contributed by atoms with E-state index in [1.807, 2.05) is 44.2 Å². The standard InChI is InChI=1S/C57H81NO18/c1-31-46(60)50(68-9)47(61)52(71-31)76-49-33(3)70-45(28-40(49)67-8)75-48-32(2)69-44(27-39(48)66-7)73-38-20-21-53(5)37(26-38)19-22-56(64)41(53)29-42(74-43(59)18-17-35-14-11-10-12-15-35)54(6)55(63,23-24-57(54,56)65)34(4)72-51(62)36-16-13-25-58-30-36/h10-18,25,30-34,37-42,44-50,52,60-61,63-65H,19-24,26-29H2,1-9H3/b18-17+/t31-,32-,33-,34+,37+,38+,39+,40-,41-,42-,44+,45+,46-,47-,48-,49-,50+,52+,53+,54-,55-,56+,57-/m1/s1. The van der Waals surface area contributed by atoms with E-state index in [-0.39, 0.29) is 43.3 Å². The van der Waals surface area contributed by atoms with Crippen LogP contribution < -0.4 is 0 Å². The normalized spacial score (nSPS) is 45.8. The van der Waals surface area contributed by atoms with Crippen LogP contribution in [-0.4, -0.2) is 179 Å². The maximum atomic E-state index is 13.9. The van der Waals surface area contributed by atoms with E-state index in [9.17, 15) is 35.1 Å². The molecule has 19 heteroatoms. The maximum absolute atomic E-state index is 13.9. The summed E-state index contributed by atoms with van der Waals surface area (Å²) in [6.45, 7) is 10.9. The van der Waals surface area contributed by atoms with E-state index in [1.165, 1.54) is 25.6 Å². The molecule has 7 fully saturated rings. The van der Waals surface area contributed by atoms with E-state index in [1.54, 1.807) is 53.2 Å². The van der Waals surface area contributed by atoms with Gasteiger partial charge in [-0.05, 0) is 120 Å². The van der Waals surface area contributed by atoms with Crippen molar-refractivity contribution in [1.29, 1.82) is 0 Å². The zero-order valence-corrected chi connectivity index (χ0v) is 45.3. The third kappa shape index (κ3) is 10.1. The zero-order valence-electron chi connectivity index (χ0n) is 45.3. The van der Waals surface area contributed by atoms with Gasteiger partial charge < -0.3 is 77.6 Å². The summed E-state index contributed by atoms with van der Waals surface area (Å²) in [6, 6.07) is 12.5. The SMILES string of the molecule is CO[C@@H]1[C@@H](O)[C@H](O[C@@H]2[C@@H](C)O[C@@H](O[C@H]3[C@@H](OC)C[C@H](O[C@H]4CC[C@@]5(C)[C@@H](CC[C@]6(O)[C@@H]5C[C@@H](OC(=O)/C=C/c5ccccc5)[C@@]5(C)[C@]6(O)CC[C@@]5(O)[C@H](C)OC(=O)c5cccnc5)C4)O[C@@H]3C)C[C@H]2OC)O[C@H](C)[C@H]1O. The first-order valence-electron chi connectivity index (χ1n) is 27.2. The highest BCUT2D eigenvalue weighted by Crippen LogP contribution is 2.72. The average molecular weight is 1070 g/mol. The summed E-state index contributed by atoms with van der Waals surface area (Å²) in [5, 5.41) is 61.1. The molecule has 0 unspecified atom stereocenters. The number of carbonyl (C=O) groups excluding carboxylic acids is 2. The Morgan fingerprint density at radius 1 is 0.737 bits per heavy atom. The minimum atomic E-state index is -1.96. The highest BCUT2D eigenvalue weighted by molar-refractivity contribution is 5.89. The molecule has 7 aliphatic rings. The second kappa shape index (κ2) is 22.6. The van der Waals surface area contributed by atoms with Crippen molar-refractivity contribution in [3.8, 4) is 0 Å². The van der Waals surface area contributed by atoms with Crippen LogP contribution in [0.2, 0.25) is 0 Å². The summed E-state index contributed by atoms with van der Waals surface area (Å²) in [7, 11) is 4.62. The molecule has 23 atom stereocenters. The molecule has 0 bridgehead atoms. The highest BCUT2D eigenvalue weighted by atomic mass is 16.8. The molecule has 1 aromatic carbocycles. The summed E-state index contributed by atoms with van der Waals surface area (Å²) in [4.78, 5) is 31.4. The van der Waals surface area contributed by atoms with Crippen LogP contribution in [0.15, 0.2) is 60.9 Å². The molecule has 0 radical (unpaired) electrons. The predicted molar refractivity (Wildman–Crippen MR) is 271 cm³/mol. The second-order valence-corrected chi connectivity index (χ2v) is 23.1. The summed E-state index contributed by atoms with van der Waals surface area (Å²) in [5.41, 5.74) is -6.85. The predicted octanol–water partition coefficient (Wildman–Crippen LogP) is 4.80. The monoisotopic (exact) mass is 1070 g/mol. The van der Waals surface area contributed by atoms with E-state index in [2.05, 4.69) is 11.9 Å². The van der Waals surface area contributed by atoms with Gasteiger partial charge in [-0.3, -0.25) is 4.98 Å². The van der Waals surface area contributed by atoms with Gasteiger partial charge in [0, 0.05) is 52.6 Å². The number of fused-ring (bicyclic) bond motifs is 5. The molecule has 0 amide bonds. The van der Waals surface area contributed by atoms with Gasteiger partial charge in [-0.15, -0.1) is 0 Å². The smallest absolute Gasteiger partial charge is 0.340 e. The van der Waals surface area contributed by atoms with Gasteiger partial charge in [0.25, 0.3) is 0 Å². The molecule has 4 heterocycles. The van der Waals surface area contributed by atoms with Gasteiger partial charge >= 0.3 is 11.9 Å². The number of hydrogen-bond donors (Lipinski definition) is 5. The van der Waals surface area contributed by atoms with Crippen molar-refractivity contribution in [2.75, 3.05) is 21.3 Å². The van der Waals surface area contributed by atoms with Crippen molar-refractivity contribution in [3.63, 3.8) is 0 Å². The molecule has 4 saturated carbocycles.